The number of hydrogen-bond acceptors (Lipinski definition) is 4. The van der Waals surface area contributed by atoms with Crippen LogP contribution < -0.4 is 0 Å². The Morgan fingerprint density at radius 2 is 1.35 bits per heavy atom. The molecule has 1 heterocycles. The topological polar surface area (TPSA) is 61.9 Å². The summed E-state index contributed by atoms with van der Waals surface area (Å²) in [6.07, 6.45) is 2.65. The second kappa shape index (κ2) is 6.72. The minimum Gasteiger partial charge on any atom is -0.261 e. The molecule has 0 bridgehead atoms. The van der Waals surface area contributed by atoms with Crippen LogP contribution in [0.2, 0.25) is 0 Å². The molecule has 0 aliphatic rings. The van der Waals surface area contributed by atoms with Gasteiger partial charge in [0.15, 0.2) is 5.82 Å². The second-order valence-corrected chi connectivity index (χ2v) is 5.16. The molecule has 0 fully saturated rings. The molecule has 0 amide bonds. The maximum absolute atomic E-state index is 14.4. The van der Waals surface area contributed by atoms with Gasteiger partial charge in [0.05, 0.1) is 23.6 Å². The SMILES string of the molecule is C=Nc1cnc(-c2cc(F)c(-c3cc(F)c(C#N)c(F)c3)c(F)c2)nc1. The molecule has 128 valence electrons. The Kier molecular flexibility index (Phi) is 4.45. The zero-order valence-corrected chi connectivity index (χ0v) is 13.0. The van der Waals surface area contributed by atoms with Crippen molar-refractivity contribution in [2.75, 3.05) is 0 Å². The third-order valence-corrected chi connectivity index (χ3v) is 3.56. The van der Waals surface area contributed by atoms with Crippen LogP contribution in [0.5, 0.6) is 0 Å². The largest absolute Gasteiger partial charge is 0.261 e. The van der Waals surface area contributed by atoms with E-state index in [9.17, 15) is 17.6 Å². The number of rotatable bonds is 3. The van der Waals surface area contributed by atoms with Crippen molar-refractivity contribution in [2.45, 2.75) is 0 Å². The molecule has 0 aliphatic heterocycles. The predicted molar refractivity (Wildman–Crippen MR) is 86.7 cm³/mol. The van der Waals surface area contributed by atoms with Crippen LogP contribution in [-0.4, -0.2) is 16.7 Å². The summed E-state index contributed by atoms with van der Waals surface area (Å²) in [5.74, 6) is -4.49. The molecule has 2 aromatic carbocycles. The molecular weight excluding hydrogens is 348 g/mol. The van der Waals surface area contributed by atoms with E-state index < -0.39 is 34.4 Å². The Labute approximate surface area is 145 Å². The Bertz CT molecular complexity index is 1010. The zero-order valence-electron chi connectivity index (χ0n) is 13.0. The average Bonchev–Trinajstić information content (AvgIpc) is 2.61. The number of aromatic nitrogens is 2. The molecule has 26 heavy (non-hydrogen) atoms. The van der Waals surface area contributed by atoms with Crippen LogP contribution in [0, 0.1) is 34.6 Å². The first-order valence-electron chi connectivity index (χ1n) is 7.12. The minimum atomic E-state index is -1.21. The first-order chi connectivity index (χ1) is 12.4. The number of halogens is 4. The fourth-order valence-corrected chi connectivity index (χ4v) is 2.35. The van der Waals surface area contributed by atoms with Crippen LogP contribution in [-0.2, 0) is 0 Å². The summed E-state index contributed by atoms with van der Waals surface area (Å²) in [5.41, 5.74) is -1.40. The Morgan fingerprint density at radius 3 is 1.81 bits per heavy atom. The number of benzene rings is 2. The van der Waals surface area contributed by atoms with E-state index in [1.54, 1.807) is 0 Å². The molecule has 0 spiro atoms. The van der Waals surface area contributed by atoms with E-state index in [0.29, 0.717) is 17.8 Å². The van der Waals surface area contributed by atoms with E-state index in [1.807, 2.05) is 0 Å². The molecule has 0 N–H and O–H groups in total. The molecule has 1 aromatic heterocycles. The van der Waals surface area contributed by atoms with Crippen molar-refractivity contribution in [3.05, 3.63) is 65.5 Å². The van der Waals surface area contributed by atoms with Gasteiger partial charge in [-0.05, 0) is 36.5 Å². The van der Waals surface area contributed by atoms with Crippen LogP contribution in [0.1, 0.15) is 5.56 Å². The third kappa shape index (κ3) is 3.02. The van der Waals surface area contributed by atoms with E-state index in [0.717, 1.165) is 12.1 Å². The average molecular weight is 356 g/mol. The quantitative estimate of drug-likeness (QED) is 0.510. The molecule has 3 rings (SSSR count). The molecule has 0 saturated carbocycles. The van der Waals surface area contributed by atoms with Gasteiger partial charge in [-0.3, -0.25) is 4.99 Å². The molecule has 0 radical (unpaired) electrons. The first-order valence-corrected chi connectivity index (χ1v) is 7.12. The lowest BCUT2D eigenvalue weighted by molar-refractivity contribution is 0.573. The van der Waals surface area contributed by atoms with E-state index in [4.69, 9.17) is 5.26 Å². The molecule has 8 heteroatoms. The van der Waals surface area contributed by atoms with Gasteiger partial charge < -0.3 is 0 Å². The number of nitrogens with zero attached hydrogens (tertiary/aromatic N) is 4. The molecule has 0 unspecified atom stereocenters. The van der Waals surface area contributed by atoms with Gasteiger partial charge in [-0.2, -0.15) is 5.26 Å². The number of aliphatic imine (C=N–C) groups is 1. The van der Waals surface area contributed by atoms with Crippen LogP contribution in [0.3, 0.4) is 0 Å². The molecule has 0 atom stereocenters. The highest BCUT2D eigenvalue weighted by atomic mass is 19.1. The Morgan fingerprint density at radius 1 is 0.846 bits per heavy atom. The fraction of sp³-hybridized carbons (Fsp3) is 0. The second-order valence-electron chi connectivity index (χ2n) is 5.16. The third-order valence-electron chi connectivity index (χ3n) is 3.56. The van der Waals surface area contributed by atoms with Gasteiger partial charge in [0.2, 0.25) is 0 Å². The van der Waals surface area contributed by atoms with Gasteiger partial charge >= 0.3 is 0 Å². The van der Waals surface area contributed by atoms with Crippen molar-refractivity contribution in [1.82, 2.24) is 9.97 Å². The Balaban J connectivity index is 2.11. The maximum atomic E-state index is 14.4. The van der Waals surface area contributed by atoms with E-state index in [-0.39, 0.29) is 17.0 Å². The van der Waals surface area contributed by atoms with Gasteiger partial charge in [-0.25, -0.2) is 27.5 Å². The highest BCUT2D eigenvalue weighted by Gasteiger charge is 2.19. The molecule has 0 saturated heterocycles. The monoisotopic (exact) mass is 356 g/mol. The van der Waals surface area contributed by atoms with E-state index >= 15 is 0 Å². The van der Waals surface area contributed by atoms with Crippen LogP contribution in [0.25, 0.3) is 22.5 Å². The van der Waals surface area contributed by atoms with E-state index in [2.05, 4.69) is 21.7 Å². The molecule has 0 aliphatic carbocycles. The summed E-state index contributed by atoms with van der Waals surface area (Å²) in [4.78, 5) is 11.4. The summed E-state index contributed by atoms with van der Waals surface area (Å²) < 4.78 is 56.3. The van der Waals surface area contributed by atoms with Crippen molar-refractivity contribution >= 4 is 12.4 Å². The number of hydrogen-bond donors (Lipinski definition) is 0. The number of nitriles is 1. The predicted octanol–water partition coefficient (Wildman–Crippen LogP) is 4.57. The summed E-state index contributed by atoms with van der Waals surface area (Å²) in [6, 6.07) is 4.64. The first kappa shape index (κ1) is 17.2. The highest BCUT2D eigenvalue weighted by molar-refractivity contribution is 5.70. The standard InChI is InChI=1S/C18H8F4N4/c1-24-11-7-25-18(26-8-11)10-4-15(21)17(16(22)5-10)9-2-13(19)12(6-23)14(20)3-9/h2-5,7-8H,1H2. The van der Waals surface area contributed by atoms with Crippen molar-refractivity contribution < 1.29 is 17.6 Å². The van der Waals surface area contributed by atoms with Crippen LogP contribution in [0.4, 0.5) is 23.2 Å². The van der Waals surface area contributed by atoms with Gasteiger partial charge in [0.1, 0.15) is 34.9 Å². The van der Waals surface area contributed by atoms with E-state index in [1.165, 1.54) is 18.5 Å². The normalized spacial score (nSPS) is 10.4. The maximum Gasteiger partial charge on any atom is 0.159 e. The zero-order chi connectivity index (χ0) is 18.8. The van der Waals surface area contributed by atoms with Gasteiger partial charge in [0.25, 0.3) is 0 Å². The van der Waals surface area contributed by atoms with Gasteiger partial charge in [0, 0.05) is 5.56 Å². The summed E-state index contributed by atoms with van der Waals surface area (Å²) in [6.45, 7) is 3.30. The van der Waals surface area contributed by atoms with Crippen molar-refractivity contribution in [3.8, 4) is 28.6 Å². The van der Waals surface area contributed by atoms with Gasteiger partial charge in [-0.1, -0.05) is 0 Å². The molecular formula is C18H8F4N4. The van der Waals surface area contributed by atoms with Crippen LogP contribution in [0.15, 0.2) is 41.7 Å². The fourth-order valence-electron chi connectivity index (χ4n) is 2.35. The lowest BCUT2D eigenvalue weighted by Crippen LogP contribution is -1.97. The molecule has 3 aromatic rings. The van der Waals surface area contributed by atoms with Crippen molar-refractivity contribution in [3.63, 3.8) is 0 Å². The summed E-state index contributed by atoms with van der Waals surface area (Å²) >= 11 is 0. The lowest BCUT2D eigenvalue weighted by Gasteiger charge is -2.09. The Hall–Kier alpha value is -3.60. The van der Waals surface area contributed by atoms with Crippen LogP contribution >= 0.6 is 0 Å². The minimum absolute atomic E-state index is 0.0361. The summed E-state index contributed by atoms with van der Waals surface area (Å²) in [5, 5.41) is 8.67. The molecule has 4 nitrogen and oxygen atoms in total. The van der Waals surface area contributed by atoms with Crippen molar-refractivity contribution in [2.24, 2.45) is 4.99 Å². The van der Waals surface area contributed by atoms with Gasteiger partial charge in [-0.15, -0.1) is 0 Å². The van der Waals surface area contributed by atoms with Crippen molar-refractivity contribution in [1.29, 1.82) is 5.26 Å². The highest BCUT2D eigenvalue weighted by Crippen LogP contribution is 2.32. The lowest BCUT2D eigenvalue weighted by atomic mass is 10.00. The smallest absolute Gasteiger partial charge is 0.159 e. The summed E-state index contributed by atoms with van der Waals surface area (Å²) in [7, 11) is 0.